The van der Waals surface area contributed by atoms with Crippen LogP contribution >= 0.6 is 0 Å². The highest BCUT2D eigenvalue weighted by Gasteiger charge is 2.07. The number of nitrogens with two attached hydrogens (primary N) is 1. The third-order valence-electron chi connectivity index (χ3n) is 2.51. The molecule has 4 heteroatoms. The first-order chi connectivity index (χ1) is 7.86. The largest absolute Gasteiger partial charge is 0.329 e. The van der Waals surface area contributed by atoms with Crippen LogP contribution in [0.1, 0.15) is 0 Å². The fourth-order valence-electron chi connectivity index (χ4n) is 1.78. The lowest BCUT2D eigenvalue weighted by Crippen LogP contribution is -2.23. The molecule has 0 saturated heterocycles. The first-order valence-electron chi connectivity index (χ1n) is 5.19. The molecule has 0 atom stereocenters. The van der Waals surface area contributed by atoms with E-state index in [4.69, 9.17) is 11.3 Å². The van der Waals surface area contributed by atoms with Gasteiger partial charge in [0, 0.05) is 11.9 Å². The van der Waals surface area contributed by atoms with Crippen molar-refractivity contribution in [2.24, 2.45) is 11.0 Å². The lowest BCUT2D eigenvalue weighted by atomic mass is 10.1. The average Bonchev–Trinajstić information content (AvgIpc) is 2.35. The van der Waals surface area contributed by atoms with E-state index in [0.717, 1.165) is 16.5 Å². The van der Waals surface area contributed by atoms with E-state index in [-0.39, 0.29) is 0 Å². The van der Waals surface area contributed by atoms with E-state index in [1.165, 1.54) is 0 Å². The second-order valence-electron chi connectivity index (χ2n) is 3.51. The standard InChI is InChI=1S/C12H14N4/c13-8-9-16(15-14)12-7-3-5-10-4-1-2-6-11(10)12/h1-7,14H,8-9,13H2. The number of anilines is 1. The lowest BCUT2D eigenvalue weighted by Gasteiger charge is -2.17. The second kappa shape index (κ2) is 4.72. The van der Waals surface area contributed by atoms with Crippen molar-refractivity contribution in [1.82, 2.24) is 0 Å². The number of hydrogen-bond acceptors (Lipinski definition) is 3. The van der Waals surface area contributed by atoms with Gasteiger partial charge in [0.05, 0.1) is 12.2 Å². The molecule has 0 saturated carbocycles. The maximum atomic E-state index is 7.17. The molecule has 0 fully saturated rings. The summed E-state index contributed by atoms with van der Waals surface area (Å²) in [5.41, 5.74) is 13.6. The Labute approximate surface area is 94.1 Å². The predicted molar refractivity (Wildman–Crippen MR) is 65.5 cm³/mol. The van der Waals surface area contributed by atoms with Crippen molar-refractivity contribution in [3.63, 3.8) is 0 Å². The smallest absolute Gasteiger partial charge is 0.0689 e. The molecule has 2 aromatic carbocycles. The quantitative estimate of drug-likeness (QED) is 0.606. The van der Waals surface area contributed by atoms with Crippen molar-refractivity contribution in [3.8, 4) is 0 Å². The number of rotatable bonds is 4. The summed E-state index contributed by atoms with van der Waals surface area (Å²) in [6.07, 6.45) is 0. The van der Waals surface area contributed by atoms with Crippen LogP contribution in [0.2, 0.25) is 0 Å². The van der Waals surface area contributed by atoms with Gasteiger partial charge in [-0.2, -0.15) is 5.53 Å². The molecule has 4 nitrogen and oxygen atoms in total. The summed E-state index contributed by atoms with van der Waals surface area (Å²) in [5, 5.41) is 7.35. The van der Waals surface area contributed by atoms with E-state index < -0.39 is 0 Å². The van der Waals surface area contributed by atoms with Crippen molar-refractivity contribution >= 4 is 16.5 Å². The highest BCUT2D eigenvalue weighted by molar-refractivity contribution is 5.94. The minimum atomic E-state index is 0.478. The van der Waals surface area contributed by atoms with Gasteiger partial charge >= 0.3 is 0 Å². The number of benzene rings is 2. The number of fused-ring (bicyclic) bond motifs is 1. The van der Waals surface area contributed by atoms with Gasteiger partial charge in [0.15, 0.2) is 0 Å². The van der Waals surface area contributed by atoms with Crippen molar-refractivity contribution in [2.45, 2.75) is 0 Å². The Bertz CT molecular complexity index is 490. The van der Waals surface area contributed by atoms with Gasteiger partial charge in [-0.1, -0.05) is 41.6 Å². The Kier molecular flexibility index (Phi) is 3.12. The molecule has 2 rings (SSSR count). The van der Waals surface area contributed by atoms with Gasteiger partial charge in [0.1, 0.15) is 0 Å². The fourth-order valence-corrected chi connectivity index (χ4v) is 1.78. The van der Waals surface area contributed by atoms with Crippen LogP contribution in [0.4, 0.5) is 5.69 Å². The zero-order valence-corrected chi connectivity index (χ0v) is 8.93. The summed E-state index contributed by atoms with van der Waals surface area (Å²) >= 11 is 0. The molecule has 2 aromatic rings. The highest BCUT2D eigenvalue weighted by Crippen LogP contribution is 2.26. The van der Waals surface area contributed by atoms with Gasteiger partial charge in [-0.25, -0.2) is 5.01 Å². The van der Waals surface area contributed by atoms with Crippen LogP contribution in [0.3, 0.4) is 0 Å². The van der Waals surface area contributed by atoms with Crippen molar-refractivity contribution < 1.29 is 0 Å². The summed E-state index contributed by atoms with van der Waals surface area (Å²) in [6.45, 7) is 1.03. The fraction of sp³-hybridized carbons (Fsp3) is 0.167. The molecule has 0 aromatic heterocycles. The van der Waals surface area contributed by atoms with Gasteiger partial charge in [-0.3, -0.25) is 0 Å². The molecule has 0 aliphatic carbocycles. The molecular weight excluding hydrogens is 200 g/mol. The summed E-state index contributed by atoms with van der Waals surface area (Å²) in [5.74, 6) is 0. The van der Waals surface area contributed by atoms with Crippen LogP contribution in [0.15, 0.2) is 47.7 Å². The van der Waals surface area contributed by atoms with Crippen LogP contribution in [0.25, 0.3) is 10.8 Å². The third-order valence-corrected chi connectivity index (χ3v) is 2.51. The molecule has 3 N–H and O–H groups in total. The Hall–Kier alpha value is -1.94. The zero-order valence-electron chi connectivity index (χ0n) is 8.93. The van der Waals surface area contributed by atoms with Crippen LogP contribution in [0.5, 0.6) is 0 Å². The highest BCUT2D eigenvalue weighted by atomic mass is 15.5. The summed E-state index contributed by atoms with van der Waals surface area (Å²) in [6, 6.07) is 14.0. The maximum Gasteiger partial charge on any atom is 0.0689 e. The van der Waals surface area contributed by atoms with Crippen molar-refractivity contribution in [2.75, 3.05) is 18.1 Å². The summed E-state index contributed by atoms with van der Waals surface area (Å²) in [7, 11) is 0. The molecule has 0 bridgehead atoms. The molecular formula is C12H14N4. The average molecular weight is 214 g/mol. The minimum Gasteiger partial charge on any atom is -0.329 e. The van der Waals surface area contributed by atoms with Gasteiger partial charge in [-0.15, -0.1) is 0 Å². The second-order valence-corrected chi connectivity index (χ2v) is 3.51. The topological polar surface area (TPSA) is 65.5 Å². The molecule has 0 heterocycles. The zero-order chi connectivity index (χ0) is 11.4. The molecule has 0 spiro atoms. The van der Waals surface area contributed by atoms with Crippen LogP contribution in [-0.4, -0.2) is 13.1 Å². The Morgan fingerprint density at radius 1 is 1.12 bits per heavy atom. The number of hydrogen-bond donors (Lipinski definition) is 2. The maximum absolute atomic E-state index is 7.17. The van der Waals surface area contributed by atoms with Gasteiger partial charge in [0.2, 0.25) is 0 Å². The summed E-state index contributed by atoms with van der Waals surface area (Å²) < 4.78 is 0. The lowest BCUT2D eigenvalue weighted by molar-refractivity contribution is 0.772. The first-order valence-corrected chi connectivity index (χ1v) is 5.19. The predicted octanol–water partition coefficient (Wildman–Crippen LogP) is 2.55. The van der Waals surface area contributed by atoms with E-state index in [2.05, 4.69) is 5.22 Å². The first kappa shape index (κ1) is 10.6. The Balaban J connectivity index is 2.54. The monoisotopic (exact) mass is 214 g/mol. The van der Waals surface area contributed by atoms with Crippen LogP contribution in [0, 0.1) is 5.53 Å². The van der Waals surface area contributed by atoms with E-state index in [0.29, 0.717) is 13.1 Å². The van der Waals surface area contributed by atoms with Crippen molar-refractivity contribution in [1.29, 1.82) is 5.53 Å². The molecule has 0 aliphatic rings. The van der Waals surface area contributed by atoms with E-state index in [1.54, 1.807) is 5.01 Å². The Morgan fingerprint density at radius 2 is 1.88 bits per heavy atom. The SMILES string of the molecule is N=NN(CCN)c1cccc2ccccc12. The molecule has 16 heavy (non-hydrogen) atoms. The summed E-state index contributed by atoms with van der Waals surface area (Å²) in [4.78, 5) is 0. The van der Waals surface area contributed by atoms with E-state index >= 15 is 0 Å². The molecule has 0 radical (unpaired) electrons. The molecule has 0 unspecified atom stereocenters. The third kappa shape index (κ3) is 1.87. The Morgan fingerprint density at radius 3 is 2.62 bits per heavy atom. The van der Waals surface area contributed by atoms with Gasteiger partial charge < -0.3 is 5.73 Å². The number of nitrogens with zero attached hydrogens (tertiary/aromatic N) is 2. The van der Waals surface area contributed by atoms with E-state index in [1.807, 2.05) is 42.5 Å². The van der Waals surface area contributed by atoms with Crippen molar-refractivity contribution in [3.05, 3.63) is 42.5 Å². The molecule has 0 aliphatic heterocycles. The van der Waals surface area contributed by atoms with E-state index in [9.17, 15) is 0 Å². The van der Waals surface area contributed by atoms with Crippen LogP contribution in [-0.2, 0) is 0 Å². The van der Waals surface area contributed by atoms with Gasteiger partial charge in [-0.05, 0) is 11.5 Å². The van der Waals surface area contributed by atoms with Crippen LogP contribution < -0.4 is 10.7 Å². The normalized spacial score (nSPS) is 10.3. The molecule has 0 amide bonds. The number of nitrogens with one attached hydrogen (secondary N) is 1. The minimum absolute atomic E-state index is 0.478. The van der Waals surface area contributed by atoms with Gasteiger partial charge in [0.25, 0.3) is 0 Å². The molecule has 82 valence electrons.